The molecule has 0 aliphatic rings. The molecular weight excluding hydrogens is 438 g/mol. The number of amides is 2. The molecule has 0 aromatic heterocycles. The lowest BCUT2D eigenvalue weighted by atomic mass is 10.1. The van der Waals surface area contributed by atoms with E-state index in [4.69, 9.17) is 14.2 Å². The highest BCUT2D eigenvalue weighted by atomic mass is 32.2. The first-order valence-electron chi connectivity index (χ1n) is 9.62. The molecule has 2 rings (SSSR count). The molecule has 2 amide bonds. The minimum Gasteiger partial charge on any atom is -0.495 e. The Bertz CT molecular complexity index is 1070. The average molecular weight is 466 g/mol. The van der Waals surface area contributed by atoms with Gasteiger partial charge in [0, 0.05) is 19.7 Å². The van der Waals surface area contributed by atoms with Crippen LogP contribution < -0.4 is 20.1 Å². The predicted octanol–water partition coefficient (Wildman–Crippen LogP) is 2.36. The number of nitrogens with one attached hydrogen (secondary N) is 3. The number of carbonyl (C=O) groups is 2. The zero-order valence-corrected chi connectivity index (χ0v) is 19.2. The highest BCUT2D eigenvalue weighted by Gasteiger charge is 2.19. The second-order valence-corrected chi connectivity index (χ2v) is 8.40. The minimum absolute atomic E-state index is 0.0672. The Morgan fingerprint density at radius 3 is 2.34 bits per heavy atom. The van der Waals surface area contributed by atoms with Crippen molar-refractivity contribution in [2.24, 2.45) is 0 Å². The lowest BCUT2D eigenvalue weighted by molar-refractivity contribution is -0.121. The van der Waals surface area contributed by atoms with Gasteiger partial charge in [0.15, 0.2) is 0 Å². The first-order valence-corrected chi connectivity index (χ1v) is 11.1. The molecule has 0 heterocycles. The number of benzene rings is 2. The van der Waals surface area contributed by atoms with E-state index in [1.54, 1.807) is 25.1 Å². The maximum Gasteiger partial charge on any atom is 0.261 e. The van der Waals surface area contributed by atoms with E-state index < -0.39 is 10.0 Å². The Kier molecular flexibility index (Phi) is 9.00. The van der Waals surface area contributed by atoms with Gasteiger partial charge in [-0.2, -0.15) is 0 Å². The average Bonchev–Trinajstić information content (AvgIpc) is 2.73. The van der Waals surface area contributed by atoms with E-state index in [0.29, 0.717) is 29.3 Å². The Hall–Kier alpha value is -3.15. The van der Waals surface area contributed by atoms with Crippen LogP contribution in [0, 0.1) is 6.92 Å². The summed E-state index contributed by atoms with van der Waals surface area (Å²) in [5.74, 6) is -0.414. The molecule has 32 heavy (non-hydrogen) atoms. The first-order chi connectivity index (χ1) is 15.2. The molecule has 0 saturated carbocycles. The van der Waals surface area contributed by atoms with E-state index in [9.17, 15) is 18.0 Å². The SMILES string of the molecule is COCCOCC(=O)Nc1cccc(NS(=O)(=O)c2ccc(OC)c(NC(C)=O)c2)c1C. The van der Waals surface area contributed by atoms with Gasteiger partial charge in [-0.15, -0.1) is 0 Å². The zero-order chi connectivity index (χ0) is 23.7. The fourth-order valence-electron chi connectivity index (χ4n) is 2.72. The minimum atomic E-state index is -3.99. The predicted molar refractivity (Wildman–Crippen MR) is 121 cm³/mol. The molecule has 0 fully saturated rings. The van der Waals surface area contributed by atoms with Crippen molar-refractivity contribution in [3.63, 3.8) is 0 Å². The first kappa shape index (κ1) is 25.1. The maximum atomic E-state index is 12.9. The normalized spacial score (nSPS) is 11.0. The molecule has 3 N–H and O–H groups in total. The number of hydrogen-bond acceptors (Lipinski definition) is 7. The van der Waals surface area contributed by atoms with Crippen LogP contribution in [-0.2, 0) is 29.1 Å². The summed E-state index contributed by atoms with van der Waals surface area (Å²) in [6, 6.07) is 8.97. The molecule has 174 valence electrons. The smallest absolute Gasteiger partial charge is 0.261 e. The van der Waals surface area contributed by atoms with Crippen LogP contribution in [0.15, 0.2) is 41.3 Å². The molecule has 0 aliphatic heterocycles. The molecule has 0 saturated heterocycles. The zero-order valence-electron chi connectivity index (χ0n) is 18.4. The van der Waals surface area contributed by atoms with Gasteiger partial charge in [-0.1, -0.05) is 6.07 Å². The molecule has 10 nitrogen and oxygen atoms in total. The van der Waals surface area contributed by atoms with Crippen LogP contribution in [0.4, 0.5) is 17.1 Å². The van der Waals surface area contributed by atoms with Crippen LogP contribution in [0.3, 0.4) is 0 Å². The van der Waals surface area contributed by atoms with E-state index >= 15 is 0 Å². The molecule has 0 aliphatic carbocycles. The van der Waals surface area contributed by atoms with Gasteiger partial charge in [0.05, 0.1) is 36.6 Å². The number of rotatable bonds is 11. The summed E-state index contributed by atoms with van der Waals surface area (Å²) in [5.41, 5.74) is 1.49. The highest BCUT2D eigenvalue weighted by molar-refractivity contribution is 7.92. The van der Waals surface area contributed by atoms with Gasteiger partial charge < -0.3 is 24.8 Å². The molecular formula is C21H27N3O7S. The van der Waals surface area contributed by atoms with E-state index in [1.807, 2.05) is 0 Å². The Morgan fingerprint density at radius 2 is 1.69 bits per heavy atom. The van der Waals surface area contributed by atoms with Gasteiger partial charge in [0.1, 0.15) is 12.4 Å². The Balaban J connectivity index is 2.20. The summed E-state index contributed by atoms with van der Waals surface area (Å²) in [6.45, 7) is 3.49. The number of hydrogen-bond donors (Lipinski definition) is 3. The summed E-state index contributed by atoms with van der Waals surface area (Å²) >= 11 is 0. The molecule has 2 aromatic carbocycles. The van der Waals surface area contributed by atoms with Gasteiger partial charge in [-0.05, 0) is 42.8 Å². The van der Waals surface area contributed by atoms with E-state index in [1.165, 1.54) is 39.3 Å². The highest BCUT2D eigenvalue weighted by Crippen LogP contribution is 2.30. The van der Waals surface area contributed by atoms with E-state index in [-0.39, 0.29) is 35.6 Å². The van der Waals surface area contributed by atoms with Crippen molar-refractivity contribution < 1.29 is 32.2 Å². The van der Waals surface area contributed by atoms with Crippen LogP contribution in [0.2, 0.25) is 0 Å². The van der Waals surface area contributed by atoms with Crippen LogP contribution in [0.5, 0.6) is 5.75 Å². The van der Waals surface area contributed by atoms with Crippen molar-refractivity contribution in [1.82, 2.24) is 0 Å². The van der Waals surface area contributed by atoms with Gasteiger partial charge >= 0.3 is 0 Å². The number of anilines is 3. The second-order valence-electron chi connectivity index (χ2n) is 6.72. The number of methoxy groups -OCH3 is 2. The summed E-state index contributed by atoms with van der Waals surface area (Å²) in [4.78, 5) is 23.4. The quantitative estimate of drug-likeness (QED) is 0.434. The molecule has 11 heteroatoms. The van der Waals surface area contributed by atoms with Crippen LogP contribution in [0.25, 0.3) is 0 Å². The van der Waals surface area contributed by atoms with Crippen molar-refractivity contribution in [3.05, 3.63) is 42.0 Å². The summed E-state index contributed by atoms with van der Waals surface area (Å²) < 4.78 is 43.6. The summed E-state index contributed by atoms with van der Waals surface area (Å²) in [6.07, 6.45) is 0. The molecule has 2 aromatic rings. The second kappa shape index (κ2) is 11.5. The molecule has 0 radical (unpaired) electrons. The van der Waals surface area contributed by atoms with Crippen LogP contribution in [0.1, 0.15) is 12.5 Å². The number of carbonyl (C=O) groups excluding carboxylic acids is 2. The largest absolute Gasteiger partial charge is 0.495 e. The van der Waals surface area contributed by atoms with Crippen molar-refractivity contribution in [2.75, 3.05) is 49.4 Å². The maximum absolute atomic E-state index is 12.9. The van der Waals surface area contributed by atoms with Crippen molar-refractivity contribution >= 4 is 38.9 Å². The van der Waals surface area contributed by atoms with Gasteiger partial charge in [-0.25, -0.2) is 8.42 Å². The van der Waals surface area contributed by atoms with Crippen molar-refractivity contribution in [3.8, 4) is 5.75 Å². The number of ether oxygens (including phenoxy) is 3. The number of sulfonamides is 1. The fourth-order valence-corrected chi connectivity index (χ4v) is 3.87. The van der Waals surface area contributed by atoms with Crippen molar-refractivity contribution in [1.29, 1.82) is 0 Å². The van der Waals surface area contributed by atoms with Crippen LogP contribution in [-0.4, -0.2) is 54.3 Å². The fraction of sp³-hybridized carbons (Fsp3) is 0.333. The third kappa shape index (κ3) is 6.94. The monoisotopic (exact) mass is 465 g/mol. The Labute approximate surface area is 187 Å². The van der Waals surface area contributed by atoms with Gasteiger partial charge in [0.2, 0.25) is 11.8 Å². The Morgan fingerprint density at radius 1 is 0.969 bits per heavy atom. The van der Waals surface area contributed by atoms with Gasteiger partial charge in [-0.3, -0.25) is 14.3 Å². The summed E-state index contributed by atoms with van der Waals surface area (Å²) in [5, 5.41) is 5.24. The van der Waals surface area contributed by atoms with Crippen LogP contribution >= 0.6 is 0 Å². The molecule has 0 spiro atoms. The molecule has 0 unspecified atom stereocenters. The standard InChI is InChI=1S/C21H27N3O7S/c1-14-17(23-21(26)13-31-11-10-29-3)6-5-7-18(14)24-32(27,28)16-8-9-20(30-4)19(12-16)22-15(2)25/h5-9,12,24H,10-11,13H2,1-4H3,(H,22,25)(H,23,26). The molecule has 0 atom stereocenters. The van der Waals surface area contributed by atoms with Gasteiger partial charge in [0.25, 0.3) is 10.0 Å². The van der Waals surface area contributed by atoms with Crippen molar-refractivity contribution in [2.45, 2.75) is 18.7 Å². The third-order valence-corrected chi connectivity index (χ3v) is 5.67. The summed E-state index contributed by atoms with van der Waals surface area (Å²) in [7, 11) is -1.04. The molecule has 0 bridgehead atoms. The van der Waals surface area contributed by atoms with E-state index in [0.717, 1.165) is 0 Å². The topological polar surface area (TPSA) is 132 Å². The van der Waals surface area contributed by atoms with E-state index in [2.05, 4.69) is 15.4 Å². The lowest BCUT2D eigenvalue weighted by Crippen LogP contribution is -2.20. The third-order valence-electron chi connectivity index (χ3n) is 4.31. The lowest BCUT2D eigenvalue weighted by Gasteiger charge is -2.16.